The fraction of sp³-hybridized carbons (Fsp3) is 0.240. The first-order chi connectivity index (χ1) is 15.6. The Kier molecular flexibility index (Phi) is 4.48. The molecule has 0 bridgehead atoms. The topological polar surface area (TPSA) is 57.2 Å². The second-order valence-corrected chi connectivity index (χ2v) is 9.17. The number of nitrogens with zero attached hydrogens (tertiary/aromatic N) is 1. The van der Waals surface area contributed by atoms with Crippen LogP contribution in [-0.4, -0.2) is 24.2 Å². The molecule has 3 aliphatic heterocycles. The van der Waals surface area contributed by atoms with Crippen molar-refractivity contribution in [3.05, 3.63) is 74.2 Å². The van der Waals surface area contributed by atoms with E-state index in [-0.39, 0.29) is 12.6 Å². The van der Waals surface area contributed by atoms with E-state index < -0.39 is 0 Å². The molecule has 6 nitrogen and oxygen atoms in total. The first-order valence-electron chi connectivity index (χ1n) is 10.5. The molecule has 0 aliphatic carbocycles. The molecule has 0 spiro atoms. The summed E-state index contributed by atoms with van der Waals surface area (Å²) in [5.41, 5.74) is 4.73. The van der Waals surface area contributed by atoms with E-state index in [1.54, 1.807) is 11.3 Å². The van der Waals surface area contributed by atoms with Crippen LogP contribution in [0, 0.1) is 13.8 Å². The van der Waals surface area contributed by atoms with Gasteiger partial charge in [0.1, 0.15) is 18.2 Å². The molecule has 0 fully saturated rings. The van der Waals surface area contributed by atoms with Gasteiger partial charge in [0.15, 0.2) is 17.3 Å². The molecular weight excluding hydrogens is 426 g/mol. The van der Waals surface area contributed by atoms with Crippen molar-refractivity contribution in [2.75, 3.05) is 13.5 Å². The van der Waals surface area contributed by atoms with Crippen LogP contribution in [0.5, 0.6) is 23.0 Å². The maximum absolute atomic E-state index is 13.1. The third-order valence-electron chi connectivity index (χ3n) is 6.01. The first-order valence-corrected chi connectivity index (χ1v) is 11.3. The largest absolute Gasteiger partial charge is 0.477 e. The summed E-state index contributed by atoms with van der Waals surface area (Å²) in [4.78, 5) is 16.3. The smallest absolute Gasteiger partial charge is 0.232 e. The van der Waals surface area contributed by atoms with E-state index in [1.807, 2.05) is 55.6 Å². The normalized spacial score (nSPS) is 17.8. The van der Waals surface area contributed by atoms with E-state index in [0.29, 0.717) is 36.9 Å². The molecule has 2 aromatic carbocycles. The summed E-state index contributed by atoms with van der Waals surface area (Å²) in [6.45, 7) is 6.11. The molecule has 1 aromatic heterocycles. The van der Waals surface area contributed by atoms with Crippen LogP contribution < -0.4 is 18.9 Å². The lowest BCUT2D eigenvalue weighted by atomic mass is 10.00. The molecule has 7 heteroatoms. The van der Waals surface area contributed by atoms with Crippen molar-refractivity contribution < 1.29 is 23.7 Å². The number of carbonyl (C=O) groups excluding carboxylic acids is 1. The Labute approximate surface area is 189 Å². The van der Waals surface area contributed by atoms with Crippen molar-refractivity contribution in [2.45, 2.75) is 26.9 Å². The average Bonchev–Trinajstić information content (AvgIpc) is 3.49. The van der Waals surface area contributed by atoms with Gasteiger partial charge in [-0.2, -0.15) is 0 Å². The SMILES string of the molecule is Cc1ccsc1/C=C1\Oc2c(cc3c(c2C)OCN(Cc2ccc4c(c2)OCO4)C3)C1=O. The van der Waals surface area contributed by atoms with Gasteiger partial charge in [0.2, 0.25) is 12.6 Å². The van der Waals surface area contributed by atoms with Crippen LogP contribution in [0.1, 0.15) is 37.5 Å². The number of hydrogen-bond acceptors (Lipinski definition) is 7. The maximum atomic E-state index is 13.1. The molecule has 4 heterocycles. The van der Waals surface area contributed by atoms with Gasteiger partial charge in [-0.05, 0) is 54.6 Å². The first kappa shape index (κ1) is 19.4. The number of hydrogen-bond donors (Lipinski definition) is 0. The van der Waals surface area contributed by atoms with Crippen LogP contribution >= 0.6 is 11.3 Å². The number of Topliss-reactive ketones (excluding diaryl/α,β-unsaturated/α-hetero) is 1. The predicted molar refractivity (Wildman–Crippen MR) is 120 cm³/mol. The van der Waals surface area contributed by atoms with Gasteiger partial charge >= 0.3 is 0 Å². The number of carbonyl (C=O) groups is 1. The molecule has 162 valence electrons. The average molecular weight is 448 g/mol. The standard InChI is InChI=1S/C25H21NO5S/c1-14-5-6-32-22(14)9-21-23(27)18-8-17-11-26(12-28-24(17)15(2)25(18)31-21)10-16-3-4-19-20(7-16)30-13-29-19/h3-9H,10-13H2,1-2H3/b21-9-. The van der Waals surface area contributed by atoms with Crippen molar-refractivity contribution in [1.29, 1.82) is 0 Å². The highest BCUT2D eigenvalue weighted by Crippen LogP contribution is 2.43. The molecule has 32 heavy (non-hydrogen) atoms. The lowest BCUT2D eigenvalue weighted by Gasteiger charge is -2.30. The Morgan fingerprint density at radius 3 is 2.78 bits per heavy atom. The van der Waals surface area contributed by atoms with Crippen molar-refractivity contribution in [3.8, 4) is 23.0 Å². The van der Waals surface area contributed by atoms with Crippen LogP contribution in [0.2, 0.25) is 0 Å². The highest BCUT2D eigenvalue weighted by molar-refractivity contribution is 7.11. The molecule has 0 unspecified atom stereocenters. The number of benzene rings is 2. The summed E-state index contributed by atoms with van der Waals surface area (Å²) >= 11 is 1.60. The number of allylic oxidation sites excluding steroid dienone is 1. The van der Waals surface area contributed by atoms with E-state index in [1.165, 1.54) is 0 Å². The molecule has 0 amide bonds. The second-order valence-electron chi connectivity index (χ2n) is 8.22. The number of ketones is 1. The van der Waals surface area contributed by atoms with Gasteiger partial charge in [0, 0.05) is 35.2 Å². The van der Waals surface area contributed by atoms with Crippen LogP contribution in [0.25, 0.3) is 6.08 Å². The Morgan fingerprint density at radius 1 is 1.06 bits per heavy atom. The predicted octanol–water partition coefficient (Wildman–Crippen LogP) is 5.06. The Bertz CT molecular complexity index is 1290. The molecule has 0 saturated heterocycles. The third kappa shape index (κ3) is 3.16. The van der Waals surface area contributed by atoms with Crippen molar-refractivity contribution >= 4 is 23.2 Å². The molecule has 0 radical (unpaired) electrons. The monoisotopic (exact) mass is 447 g/mol. The Morgan fingerprint density at radius 2 is 1.94 bits per heavy atom. The zero-order chi connectivity index (χ0) is 21.8. The summed E-state index contributed by atoms with van der Waals surface area (Å²) in [6.07, 6.45) is 1.84. The van der Waals surface area contributed by atoms with E-state index in [9.17, 15) is 4.79 Å². The highest BCUT2D eigenvalue weighted by atomic mass is 32.1. The van der Waals surface area contributed by atoms with E-state index in [4.69, 9.17) is 18.9 Å². The van der Waals surface area contributed by atoms with E-state index >= 15 is 0 Å². The molecule has 0 atom stereocenters. The molecule has 0 N–H and O–H groups in total. The summed E-state index contributed by atoms with van der Waals surface area (Å²) in [7, 11) is 0. The number of ether oxygens (including phenoxy) is 4. The van der Waals surface area contributed by atoms with Gasteiger partial charge in [-0.3, -0.25) is 9.69 Å². The maximum Gasteiger partial charge on any atom is 0.232 e. The molecular formula is C25H21NO5S. The second kappa shape index (κ2) is 7.39. The lowest BCUT2D eigenvalue weighted by molar-refractivity contribution is 0.0876. The van der Waals surface area contributed by atoms with Crippen molar-refractivity contribution in [3.63, 3.8) is 0 Å². The Balaban J connectivity index is 1.26. The molecule has 6 rings (SSSR count). The quantitative estimate of drug-likeness (QED) is 0.523. The minimum atomic E-state index is -0.0772. The molecule has 3 aliphatic rings. The zero-order valence-corrected chi connectivity index (χ0v) is 18.6. The number of rotatable bonds is 3. The highest BCUT2D eigenvalue weighted by Gasteiger charge is 2.33. The summed E-state index contributed by atoms with van der Waals surface area (Å²) in [5, 5.41) is 2.01. The third-order valence-corrected chi connectivity index (χ3v) is 6.97. The molecule has 3 aromatic rings. The van der Waals surface area contributed by atoms with Gasteiger partial charge in [-0.25, -0.2) is 0 Å². The summed E-state index contributed by atoms with van der Waals surface area (Å²) < 4.78 is 23.0. The Hall–Kier alpha value is -3.29. The number of fused-ring (bicyclic) bond motifs is 3. The van der Waals surface area contributed by atoms with Crippen LogP contribution in [-0.2, 0) is 13.1 Å². The van der Waals surface area contributed by atoms with Crippen LogP contribution in [0.15, 0.2) is 41.5 Å². The van der Waals surface area contributed by atoms with E-state index in [2.05, 4.69) is 4.90 Å². The fourth-order valence-electron chi connectivity index (χ4n) is 4.35. The van der Waals surface area contributed by atoms with Gasteiger partial charge < -0.3 is 18.9 Å². The van der Waals surface area contributed by atoms with Gasteiger partial charge in [0.25, 0.3) is 0 Å². The zero-order valence-electron chi connectivity index (χ0n) is 17.8. The summed E-state index contributed by atoms with van der Waals surface area (Å²) in [5.74, 6) is 3.27. The van der Waals surface area contributed by atoms with Gasteiger partial charge in [0.05, 0.1) is 5.56 Å². The minimum absolute atomic E-state index is 0.0772. The number of aryl methyl sites for hydroxylation is 1. The van der Waals surface area contributed by atoms with Crippen LogP contribution in [0.4, 0.5) is 0 Å². The van der Waals surface area contributed by atoms with Gasteiger partial charge in [-0.15, -0.1) is 11.3 Å². The minimum Gasteiger partial charge on any atom is -0.477 e. The summed E-state index contributed by atoms with van der Waals surface area (Å²) in [6, 6.07) is 9.95. The van der Waals surface area contributed by atoms with Crippen molar-refractivity contribution in [2.24, 2.45) is 0 Å². The van der Waals surface area contributed by atoms with Crippen LogP contribution in [0.3, 0.4) is 0 Å². The molecule has 0 saturated carbocycles. The fourth-order valence-corrected chi connectivity index (χ4v) is 5.19. The lowest BCUT2D eigenvalue weighted by Crippen LogP contribution is -2.32. The van der Waals surface area contributed by atoms with Crippen molar-refractivity contribution in [1.82, 2.24) is 4.90 Å². The van der Waals surface area contributed by atoms with E-state index in [0.717, 1.165) is 44.4 Å². The number of thiophene rings is 1. The van der Waals surface area contributed by atoms with Gasteiger partial charge in [-0.1, -0.05) is 6.07 Å².